The Hall–Kier alpha value is -1.18. The van der Waals surface area contributed by atoms with Gasteiger partial charge in [-0.15, -0.1) is 0 Å². The summed E-state index contributed by atoms with van der Waals surface area (Å²) in [5.74, 6) is 0.525. The molecule has 0 bridgehead atoms. The van der Waals surface area contributed by atoms with Crippen LogP contribution < -0.4 is 5.73 Å². The molecule has 0 amide bonds. The van der Waals surface area contributed by atoms with Crippen molar-refractivity contribution in [2.45, 2.75) is 0 Å². The van der Waals surface area contributed by atoms with E-state index in [0.29, 0.717) is 11.6 Å². The largest absolute Gasteiger partial charge is 0.396 e. The van der Waals surface area contributed by atoms with E-state index < -0.39 is 0 Å². The number of nitrogens with two attached hydrogens (primary N) is 1. The van der Waals surface area contributed by atoms with Gasteiger partial charge in [0.1, 0.15) is 0 Å². The first kappa shape index (κ1) is 8.42. The minimum Gasteiger partial charge on any atom is -0.396 e. The Bertz CT molecular complexity index is 407. The first-order valence-corrected chi connectivity index (χ1v) is 4.61. The summed E-state index contributed by atoms with van der Waals surface area (Å²) in [4.78, 5) is 8.18. The molecule has 0 radical (unpaired) electrons. The summed E-state index contributed by atoms with van der Waals surface area (Å²) in [5.41, 5.74) is 6.10. The molecule has 0 fully saturated rings. The lowest BCUT2D eigenvalue weighted by atomic mass is 10.6. The van der Waals surface area contributed by atoms with Gasteiger partial charge in [-0.25, -0.2) is 14.6 Å². The summed E-state index contributed by atoms with van der Waals surface area (Å²) < 4.78 is 2.52. The zero-order valence-electron chi connectivity index (χ0n) is 6.55. The SMILES string of the molecule is Nc1cnn(-c2ncc(I)cn2)c1. The monoisotopic (exact) mass is 287 g/mol. The number of rotatable bonds is 1. The van der Waals surface area contributed by atoms with Crippen LogP contribution in [0.1, 0.15) is 0 Å². The molecule has 2 aromatic rings. The molecule has 0 aliphatic carbocycles. The van der Waals surface area contributed by atoms with E-state index in [1.807, 2.05) is 0 Å². The molecule has 2 heterocycles. The minimum absolute atomic E-state index is 0.525. The van der Waals surface area contributed by atoms with Gasteiger partial charge >= 0.3 is 0 Å². The molecule has 2 rings (SSSR count). The molecule has 6 heteroatoms. The second kappa shape index (κ2) is 3.29. The van der Waals surface area contributed by atoms with Crippen LogP contribution in [-0.4, -0.2) is 19.7 Å². The van der Waals surface area contributed by atoms with Crippen LogP contribution in [0.4, 0.5) is 5.69 Å². The van der Waals surface area contributed by atoms with E-state index >= 15 is 0 Å². The van der Waals surface area contributed by atoms with E-state index in [4.69, 9.17) is 5.73 Å². The molecule has 2 aromatic heterocycles. The second-order valence-corrected chi connectivity index (χ2v) is 3.67. The first-order chi connectivity index (χ1) is 6.25. The third kappa shape index (κ3) is 1.77. The fraction of sp³-hybridized carbons (Fsp3) is 0. The number of halogens is 1. The third-order valence-corrected chi connectivity index (χ3v) is 1.97. The Labute approximate surface area is 88.1 Å². The van der Waals surface area contributed by atoms with Gasteiger partial charge in [0.05, 0.1) is 18.1 Å². The molecule has 5 nitrogen and oxygen atoms in total. The van der Waals surface area contributed by atoms with Gasteiger partial charge in [-0.1, -0.05) is 0 Å². The van der Waals surface area contributed by atoms with E-state index in [9.17, 15) is 0 Å². The highest BCUT2D eigenvalue weighted by molar-refractivity contribution is 14.1. The lowest BCUT2D eigenvalue weighted by Crippen LogP contribution is -2.00. The Morgan fingerprint density at radius 2 is 1.92 bits per heavy atom. The Kier molecular flexibility index (Phi) is 2.13. The molecule has 0 aliphatic heterocycles. The van der Waals surface area contributed by atoms with Gasteiger partial charge in [0.25, 0.3) is 5.95 Å². The zero-order chi connectivity index (χ0) is 9.26. The van der Waals surface area contributed by atoms with E-state index in [1.54, 1.807) is 24.8 Å². The first-order valence-electron chi connectivity index (χ1n) is 3.54. The van der Waals surface area contributed by atoms with Crippen molar-refractivity contribution in [1.82, 2.24) is 19.7 Å². The summed E-state index contributed by atoms with van der Waals surface area (Å²) in [6, 6.07) is 0. The number of hydrogen-bond donors (Lipinski definition) is 1. The Morgan fingerprint density at radius 1 is 1.23 bits per heavy atom. The van der Waals surface area contributed by atoms with Gasteiger partial charge in [0.2, 0.25) is 0 Å². The minimum atomic E-state index is 0.525. The fourth-order valence-corrected chi connectivity index (χ4v) is 1.15. The average molecular weight is 287 g/mol. The summed E-state index contributed by atoms with van der Waals surface area (Å²) in [6.07, 6.45) is 6.67. The van der Waals surface area contributed by atoms with Gasteiger partial charge in [0.15, 0.2) is 0 Å². The standard InChI is InChI=1S/C7H6IN5/c8-5-1-10-7(11-2-5)13-4-6(9)3-12-13/h1-4H,9H2. The predicted octanol–water partition coefficient (Wildman–Crippen LogP) is 0.849. The van der Waals surface area contributed by atoms with Crippen LogP contribution >= 0.6 is 22.6 Å². The van der Waals surface area contributed by atoms with Crippen molar-refractivity contribution in [3.63, 3.8) is 0 Å². The summed E-state index contributed by atoms with van der Waals surface area (Å²) >= 11 is 2.14. The number of nitrogen functional groups attached to an aromatic ring is 1. The van der Waals surface area contributed by atoms with Gasteiger partial charge in [-0.05, 0) is 22.6 Å². The topological polar surface area (TPSA) is 69.6 Å². The molecular formula is C7H6IN5. The normalized spacial score (nSPS) is 10.2. The number of hydrogen-bond acceptors (Lipinski definition) is 4. The van der Waals surface area contributed by atoms with Crippen LogP contribution in [-0.2, 0) is 0 Å². The summed E-state index contributed by atoms with van der Waals surface area (Å²) in [7, 11) is 0. The number of anilines is 1. The molecule has 0 saturated carbocycles. The fourth-order valence-electron chi connectivity index (χ4n) is 0.870. The maximum absolute atomic E-state index is 5.51. The van der Waals surface area contributed by atoms with E-state index in [1.165, 1.54) is 4.68 Å². The molecule has 66 valence electrons. The van der Waals surface area contributed by atoms with Gasteiger partial charge in [-0.3, -0.25) is 0 Å². The highest BCUT2D eigenvalue weighted by atomic mass is 127. The molecule has 2 N–H and O–H groups in total. The van der Waals surface area contributed by atoms with Gasteiger partial charge in [0, 0.05) is 16.0 Å². The van der Waals surface area contributed by atoms with Crippen molar-refractivity contribution in [2.75, 3.05) is 5.73 Å². The van der Waals surface area contributed by atoms with E-state index in [-0.39, 0.29) is 0 Å². The number of aromatic nitrogens is 4. The van der Waals surface area contributed by atoms with Crippen LogP contribution in [0.25, 0.3) is 5.95 Å². The van der Waals surface area contributed by atoms with Gasteiger partial charge in [-0.2, -0.15) is 5.10 Å². The van der Waals surface area contributed by atoms with Crippen molar-refractivity contribution in [3.8, 4) is 5.95 Å². The van der Waals surface area contributed by atoms with Crippen molar-refractivity contribution in [2.24, 2.45) is 0 Å². The quantitative estimate of drug-likeness (QED) is 0.789. The van der Waals surface area contributed by atoms with Crippen LogP contribution in [0.3, 0.4) is 0 Å². The highest BCUT2D eigenvalue weighted by Gasteiger charge is 2.00. The molecule has 0 aliphatic rings. The van der Waals surface area contributed by atoms with Crippen molar-refractivity contribution in [1.29, 1.82) is 0 Å². The molecule has 0 spiro atoms. The van der Waals surface area contributed by atoms with E-state index in [2.05, 4.69) is 37.7 Å². The molecule has 0 aromatic carbocycles. The summed E-state index contributed by atoms with van der Waals surface area (Å²) in [5, 5.41) is 3.98. The molecule has 13 heavy (non-hydrogen) atoms. The van der Waals surface area contributed by atoms with Crippen LogP contribution in [0.2, 0.25) is 0 Å². The van der Waals surface area contributed by atoms with Crippen molar-refractivity contribution in [3.05, 3.63) is 28.4 Å². The lowest BCUT2D eigenvalue weighted by Gasteiger charge is -1.96. The second-order valence-electron chi connectivity index (χ2n) is 2.42. The van der Waals surface area contributed by atoms with Crippen LogP contribution in [0, 0.1) is 3.57 Å². The van der Waals surface area contributed by atoms with Gasteiger partial charge < -0.3 is 5.73 Å². The molecule has 0 unspecified atom stereocenters. The van der Waals surface area contributed by atoms with Crippen LogP contribution in [0.5, 0.6) is 0 Å². The molecule has 0 saturated heterocycles. The maximum Gasteiger partial charge on any atom is 0.250 e. The van der Waals surface area contributed by atoms with Crippen molar-refractivity contribution >= 4 is 28.3 Å². The van der Waals surface area contributed by atoms with Crippen molar-refractivity contribution < 1.29 is 0 Å². The third-order valence-electron chi connectivity index (χ3n) is 1.41. The smallest absolute Gasteiger partial charge is 0.250 e. The Morgan fingerprint density at radius 3 is 2.46 bits per heavy atom. The summed E-state index contributed by atoms with van der Waals surface area (Å²) in [6.45, 7) is 0. The lowest BCUT2D eigenvalue weighted by molar-refractivity contribution is 0.806. The Balaban J connectivity index is 2.41. The zero-order valence-corrected chi connectivity index (χ0v) is 8.71. The molecule has 0 atom stereocenters. The average Bonchev–Trinajstić information content (AvgIpc) is 2.53. The van der Waals surface area contributed by atoms with Crippen LogP contribution in [0.15, 0.2) is 24.8 Å². The van der Waals surface area contributed by atoms with E-state index in [0.717, 1.165) is 3.57 Å². The molecular weight excluding hydrogens is 281 g/mol. The number of nitrogens with zero attached hydrogens (tertiary/aromatic N) is 4. The maximum atomic E-state index is 5.51. The predicted molar refractivity (Wildman–Crippen MR) is 56.3 cm³/mol. The highest BCUT2D eigenvalue weighted by Crippen LogP contribution is 2.05.